The summed E-state index contributed by atoms with van der Waals surface area (Å²) < 4.78 is 4.77. The smallest absolute Gasteiger partial charge is 0.325 e. The molecule has 5 nitrogen and oxygen atoms in total. The summed E-state index contributed by atoms with van der Waals surface area (Å²) in [5.41, 5.74) is 5.24. The van der Waals surface area contributed by atoms with E-state index in [4.69, 9.17) is 10.5 Å². The van der Waals surface area contributed by atoms with E-state index in [2.05, 4.69) is 0 Å². The fourth-order valence-electron chi connectivity index (χ4n) is 1.27. The monoisotopic (exact) mass is 200 g/mol. The van der Waals surface area contributed by atoms with E-state index in [0.717, 1.165) is 12.8 Å². The SMILES string of the molecule is CCOC(=O)CN(C(=O)CN)C1CC1. The first-order valence-electron chi connectivity index (χ1n) is 4.84. The Morgan fingerprint density at radius 1 is 1.50 bits per heavy atom. The van der Waals surface area contributed by atoms with Crippen molar-refractivity contribution in [3.8, 4) is 0 Å². The largest absolute Gasteiger partial charge is 0.465 e. The van der Waals surface area contributed by atoms with E-state index in [0.29, 0.717) is 6.61 Å². The van der Waals surface area contributed by atoms with Crippen molar-refractivity contribution in [3.05, 3.63) is 0 Å². The molecule has 0 spiro atoms. The van der Waals surface area contributed by atoms with Crippen molar-refractivity contribution in [1.82, 2.24) is 4.90 Å². The van der Waals surface area contributed by atoms with Gasteiger partial charge in [-0.05, 0) is 19.8 Å². The van der Waals surface area contributed by atoms with Gasteiger partial charge in [0, 0.05) is 6.04 Å². The highest BCUT2D eigenvalue weighted by Crippen LogP contribution is 2.26. The molecule has 0 saturated heterocycles. The Kier molecular flexibility index (Phi) is 3.88. The van der Waals surface area contributed by atoms with Gasteiger partial charge in [0.25, 0.3) is 0 Å². The van der Waals surface area contributed by atoms with E-state index in [9.17, 15) is 9.59 Å². The molecular formula is C9H16N2O3. The van der Waals surface area contributed by atoms with Crippen molar-refractivity contribution in [2.24, 2.45) is 5.73 Å². The van der Waals surface area contributed by atoms with Crippen molar-refractivity contribution in [3.63, 3.8) is 0 Å². The molecule has 2 N–H and O–H groups in total. The predicted molar refractivity (Wildman–Crippen MR) is 50.4 cm³/mol. The van der Waals surface area contributed by atoms with Gasteiger partial charge in [-0.15, -0.1) is 0 Å². The number of esters is 1. The molecule has 0 unspecified atom stereocenters. The minimum Gasteiger partial charge on any atom is -0.465 e. The molecular weight excluding hydrogens is 184 g/mol. The lowest BCUT2D eigenvalue weighted by Crippen LogP contribution is -2.41. The van der Waals surface area contributed by atoms with E-state index < -0.39 is 0 Å². The average molecular weight is 200 g/mol. The van der Waals surface area contributed by atoms with Crippen LogP contribution in [0.5, 0.6) is 0 Å². The van der Waals surface area contributed by atoms with Crippen LogP contribution in [0.2, 0.25) is 0 Å². The summed E-state index contributed by atoms with van der Waals surface area (Å²) in [5.74, 6) is -0.540. The Bertz CT molecular complexity index is 226. The van der Waals surface area contributed by atoms with Gasteiger partial charge in [-0.25, -0.2) is 0 Å². The van der Waals surface area contributed by atoms with E-state index in [1.54, 1.807) is 6.92 Å². The van der Waals surface area contributed by atoms with Crippen LogP contribution < -0.4 is 5.73 Å². The van der Waals surface area contributed by atoms with E-state index in [1.165, 1.54) is 4.90 Å². The van der Waals surface area contributed by atoms with Gasteiger partial charge in [-0.1, -0.05) is 0 Å². The lowest BCUT2D eigenvalue weighted by molar-refractivity contribution is -0.148. The van der Waals surface area contributed by atoms with Crippen molar-refractivity contribution in [2.75, 3.05) is 19.7 Å². The molecule has 1 aliphatic rings. The molecule has 0 atom stereocenters. The zero-order valence-electron chi connectivity index (χ0n) is 8.36. The maximum Gasteiger partial charge on any atom is 0.325 e. The number of rotatable bonds is 5. The Balaban J connectivity index is 2.42. The highest BCUT2D eigenvalue weighted by atomic mass is 16.5. The molecule has 5 heteroatoms. The number of amides is 1. The summed E-state index contributed by atoms with van der Waals surface area (Å²) >= 11 is 0. The van der Waals surface area contributed by atoms with E-state index in [-0.39, 0.29) is 31.0 Å². The lowest BCUT2D eigenvalue weighted by Gasteiger charge is -2.20. The topological polar surface area (TPSA) is 72.6 Å². The fourth-order valence-corrected chi connectivity index (χ4v) is 1.27. The first kappa shape index (κ1) is 11.0. The third-order valence-electron chi connectivity index (χ3n) is 2.09. The molecule has 14 heavy (non-hydrogen) atoms. The zero-order valence-corrected chi connectivity index (χ0v) is 8.36. The van der Waals surface area contributed by atoms with Gasteiger partial charge in [0.05, 0.1) is 13.2 Å². The van der Waals surface area contributed by atoms with E-state index >= 15 is 0 Å². The van der Waals surface area contributed by atoms with Crippen LogP contribution in [-0.2, 0) is 14.3 Å². The van der Waals surface area contributed by atoms with Crippen LogP contribution in [0.15, 0.2) is 0 Å². The van der Waals surface area contributed by atoms with Crippen LogP contribution in [0, 0.1) is 0 Å². The summed E-state index contributed by atoms with van der Waals surface area (Å²) in [6.45, 7) is 2.07. The quantitative estimate of drug-likeness (QED) is 0.607. The number of nitrogens with two attached hydrogens (primary N) is 1. The van der Waals surface area contributed by atoms with Gasteiger partial charge in [-0.2, -0.15) is 0 Å². The number of hydrogen-bond acceptors (Lipinski definition) is 4. The normalized spacial score (nSPS) is 15.0. The Morgan fingerprint density at radius 3 is 2.57 bits per heavy atom. The molecule has 0 bridgehead atoms. The minimum absolute atomic E-state index is 0.0362. The Hall–Kier alpha value is -1.10. The first-order chi connectivity index (χ1) is 6.69. The first-order valence-corrected chi connectivity index (χ1v) is 4.84. The predicted octanol–water partition coefficient (Wildman–Crippen LogP) is -0.501. The number of ether oxygens (including phenoxy) is 1. The lowest BCUT2D eigenvalue weighted by atomic mass is 10.4. The fraction of sp³-hybridized carbons (Fsp3) is 0.778. The van der Waals surface area contributed by atoms with Gasteiger partial charge >= 0.3 is 5.97 Å². The molecule has 1 amide bonds. The van der Waals surface area contributed by atoms with Crippen LogP contribution in [0.25, 0.3) is 0 Å². The second-order valence-corrected chi connectivity index (χ2v) is 3.26. The highest BCUT2D eigenvalue weighted by molar-refractivity contribution is 5.83. The highest BCUT2D eigenvalue weighted by Gasteiger charge is 2.33. The van der Waals surface area contributed by atoms with Crippen molar-refractivity contribution in [2.45, 2.75) is 25.8 Å². The Labute approximate surface area is 83.2 Å². The molecule has 0 radical (unpaired) electrons. The molecule has 0 aromatic heterocycles. The summed E-state index contributed by atoms with van der Waals surface area (Å²) in [7, 11) is 0. The standard InChI is InChI=1S/C9H16N2O3/c1-2-14-9(13)6-11(7-3-4-7)8(12)5-10/h7H,2-6,10H2,1H3. The maximum atomic E-state index is 11.3. The molecule has 0 aliphatic heterocycles. The summed E-state index contributed by atoms with van der Waals surface area (Å²) in [6, 6.07) is 0.204. The average Bonchev–Trinajstić information content (AvgIpc) is 2.97. The van der Waals surface area contributed by atoms with Gasteiger partial charge in [-0.3, -0.25) is 9.59 Å². The molecule has 1 saturated carbocycles. The van der Waals surface area contributed by atoms with Gasteiger partial charge < -0.3 is 15.4 Å². The molecule has 0 aromatic rings. The van der Waals surface area contributed by atoms with Crippen molar-refractivity contribution < 1.29 is 14.3 Å². The van der Waals surface area contributed by atoms with Gasteiger partial charge in [0.15, 0.2) is 0 Å². The van der Waals surface area contributed by atoms with Crippen LogP contribution in [0.3, 0.4) is 0 Å². The van der Waals surface area contributed by atoms with Crippen molar-refractivity contribution >= 4 is 11.9 Å². The van der Waals surface area contributed by atoms with Crippen LogP contribution in [0.4, 0.5) is 0 Å². The molecule has 1 rings (SSSR count). The molecule has 1 aliphatic carbocycles. The maximum absolute atomic E-state index is 11.3. The summed E-state index contributed by atoms with van der Waals surface area (Å²) in [4.78, 5) is 24.0. The van der Waals surface area contributed by atoms with Gasteiger partial charge in [0.1, 0.15) is 6.54 Å². The second-order valence-electron chi connectivity index (χ2n) is 3.26. The summed E-state index contributed by atoms with van der Waals surface area (Å²) in [6.07, 6.45) is 1.93. The molecule has 0 heterocycles. The third kappa shape index (κ3) is 2.99. The second kappa shape index (κ2) is 4.95. The number of hydrogen-bond donors (Lipinski definition) is 1. The molecule has 0 aromatic carbocycles. The summed E-state index contributed by atoms with van der Waals surface area (Å²) in [5, 5.41) is 0. The van der Waals surface area contributed by atoms with Crippen molar-refractivity contribution in [1.29, 1.82) is 0 Å². The van der Waals surface area contributed by atoms with Crippen LogP contribution >= 0.6 is 0 Å². The molecule has 1 fully saturated rings. The molecule has 80 valence electrons. The number of carbonyl (C=O) groups is 2. The van der Waals surface area contributed by atoms with Crippen LogP contribution in [-0.4, -0.2) is 42.5 Å². The van der Waals surface area contributed by atoms with Crippen LogP contribution in [0.1, 0.15) is 19.8 Å². The minimum atomic E-state index is -0.360. The van der Waals surface area contributed by atoms with Gasteiger partial charge in [0.2, 0.25) is 5.91 Å². The number of carbonyl (C=O) groups excluding carboxylic acids is 2. The zero-order chi connectivity index (χ0) is 10.6. The number of nitrogens with zero attached hydrogens (tertiary/aromatic N) is 1. The van der Waals surface area contributed by atoms with E-state index in [1.807, 2.05) is 0 Å². The Morgan fingerprint density at radius 2 is 2.14 bits per heavy atom. The third-order valence-corrected chi connectivity index (χ3v) is 2.09.